The molecule has 2 aromatic rings. The molecule has 2 unspecified atom stereocenters. The molecule has 0 radical (unpaired) electrons. The van der Waals surface area contributed by atoms with E-state index in [1.54, 1.807) is 6.92 Å². The first-order chi connectivity index (χ1) is 10.5. The van der Waals surface area contributed by atoms with Crippen LogP contribution in [0.1, 0.15) is 36.1 Å². The van der Waals surface area contributed by atoms with Crippen molar-refractivity contribution in [2.24, 2.45) is 5.73 Å². The molecule has 0 fully saturated rings. The van der Waals surface area contributed by atoms with Gasteiger partial charge in [0.25, 0.3) is 0 Å². The topological polar surface area (TPSA) is 55.1 Å². The zero-order chi connectivity index (χ0) is 15.7. The van der Waals surface area contributed by atoms with Crippen LogP contribution in [0.2, 0.25) is 5.02 Å². The monoisotopic (exact) mass is 350 g/mol. The third-order valence-electron chi connectivity index (χ3n) is 4.33. The van der Waals surface area contributed by atoms with E-state index in [2.05, 4.69) is 5.32 Å². The van der Waals surface area contributed by atoms with Gasteiger partial charge in [-0.05, 0) is 48.6 Å². The van der Waals surface area contributed by atoms with Gasteiger partial charge in [-0.25, -0.2) is 0 Å². The number of hydrogen-bond acceptors (Lipinski definition) is 2. The standard InChI is InChI=1S/C18H19ClN2O.ClH/c1-18(20,13-5-3-2-4-6-13)17(22)21-16-10-7-12-11-14(19)8-9-15(12)16;/h2-6,8-9,11,16H,7,10,20H2,1H3,(H,21,22);1H. The Hall–Kier alpha value is -1.55. The second kappa shape index (κ2) is 6.91. The second-order valence-electron chi connectivity index (χ2n) is 5.98. The highest BCUT2D eigenvalue weighted by atomic mass is 35.5. The zero-order valence-electron chi connectivity index (χ0n) is 12.9. The van der Waals surface area contributed by atoms with E-state index in [1.165, 1.54) is 5.56 Å². The van der Waals surface area contributed by atoms with Crippen LogP contribution in [-0.4, -0.2) is 5.91 Å². The van der Waals surface area contributed by atoms with E-state index < -0.39 is 5.54 Å². The zero-order valence-corrected chi connectivity index (χ0v) is 14.5. The molecular weight excluding hydrogens is 331 g/mol. The number of rotatable bonds is 3. The molecule has 0 aliphatic heterocycles. The summed E-state index contributed by atoms with van der Waals surface area (Å²) in [5.74, 6) is -0.161. The number of hydrogen-bond donors (Lipinski definition) is 2. The van der Waals surface area contributed by atoms with Crippen molar-refractivity contribution in [3.8, 4) is 0 Å². The molecule has 3 N–H and O–H groups in total. The summed E-state index contributed by atoms with van der Waals surface area (Å²) >= 11 is 6.02. The molecule has 0 spiro atoms. The molecule has 0 heterocycles. The smallest absolute Gasteiger partial charge is 0.244 e. The maximum atomic E-state index is 12.6. The molecule has 2 atom stereocenters. The molecule has 0 saturated heterocycles. The number of nitrogens with two attached hydrogens (primary N) is 1. The van der Waals surface area contributed by atoms with Crippen molar-refractivity contribution in [1.29, 1.82) is 0 Å². The van der Waals surface area contributed by atoms with Crippen molar-refractivity contribution in [2.75, 3.05) is 0 Å². The predicted molar refractivity (Wildman–Crippen MR) is 95.9 cm³/mol. The van der Waals surface area contributed by atoms with Gasteiger partial charge in [0.05, 0.1) is 6.04 Å². The normalized spacial score (nSPS) is 18.5. The second-order valence-corrected chi connectivity index (χ2v) is 6.41. The van der Waals surface area contributed by atoms with Gasteiger partial charge >= 0.3 is 0 Å². The van der Waals surface area contributed by atoms with Crippen LogP contribution in [-0.2, 0) is 16.8 Å². The van der Waals surface area contributed by atoms with Crippen molar-refractivity contribution in [3.05, 3.63) is 70.2 Å². The summed E-state index contributed by atoms with van der Waals surface area (Å²) in [5, 5.41) is 3.82. The van der Waals surface area contributed by atoms with Crippen LogP contribution in [0.3, 0.4) is 0 Å². The molecule has 122 valence electrons. The maximum absolute atomic E-state index is 12.6. The van der Waals surface area contributed by atoms with Crippen molar-refractivity contribution in [2.45, 2.75) is 31.3 Å². The Morgan fingerprint density at radius 2 is 1.96 bits per heavy atom. The average molecular weight is 351 g/mol. The Morgan fingerprint density at radius 3 is 2.65 bits per heavy atom. The molecule has 5 heteroatoms. The molecule has 1 aliphatic rings. The van der Waals surface area contributed by atoms with E-state index >= 15 is 0 Å². The van der Waals surface area contributed by atoms with Crippen LogP contribution in [0.15, 0.2) is 48.5 Å². The van der Waals surface area contributed by atoms with Crippen LogP contribution in [0.25, 0.3) is 0 Å². The predicted octanol–water partition coefficient (Wildman–Crippen LogP) is 3.74. The lowest BCUT2D eigenvalue weighted by Crippen LogP contribution is -2.49. The summed E-state index contributed by atoms with van der Waals surface area (Å²) in [6.45, 7) is 1.75. The van der Waals surface area contributed by atoms with Gasteiger partial charge in [0.1, 0.15) is 5.54 Å². The maximum Gasteiger partial charge on any atom is 0.244 e. The average Bonchev–Trinajstić information content (AvgIpc) is 2.90. The number of aryl methyl sites for hydroxylation is 1. The van der Waals surface area contributed by atoms with E-state index in [-0.39, 0.29) is 24.4 Å². The first-order valence-electron chi connectivity index (χ1n) is 7.42. The van der Waals surface area contributed by atoms with Gasteiger partial charge in [0.2, 0.25) is 5.91 Å². The van der Waals surface area contributed by atoms with E-state index in [9.17, 15) is 4.79 Å². The number of benzene rings is 2. The third kappa shape index (κ3) is 3.52. The molecule has 0 saturated carbocycles. The van der Waals surface area contributed by atoms with Gasteiger partial charge in [-0.3, -0.25) is 4.79 Å². The lowest BCUT2D eigenvalue weighted by atomic mass is 9.91. The number of nitrogens with one attached hydrogen (secondary N) is 1. The Kier molecular flexibility index (Phi) is 5.35. The van der Waals surface area contributed by atoms with E-state index in [0.29, 0.717) is 0 Å². The minimum absolute atomic E-state index is 0. The highest BCUT2D eigenvalue weighted by Gasteiger charge is 2.33. The molecule has 0 aromatic heterocycles. The summed E-state index contributed by atoms with van der Waals surface area (Å²) < 4.78 is 0. The molecule has 3 nitrogen and oxygen atoms in total. The lowest BCUT2D eigenvalue weighted by molar-refractivity contribution is -0.126. The quantitative estimate of drug-likeness (QED) is 0.885. The molecule has 0 bridgehead atoms. The van der Waals surface area contributed by atoms with Crippen molar-refractivity contribution < 1.29 is 4.79 Å². The van der Waals surface area contributed by atoms with Crippen LogP contribution >= 0.6 is 24.0 Å². The van der Waals surface area contributed by atoms with Gasteiger partial charge in [0, 0.05) is 5.02 Å². The molecule has 2 aromatic carbocycles. The van der Waals surface area contributed by atoms with Crippen molar-refractivity contribution in [3.63, 3.8) is 0 Å². The fourth-order valence-electron chi connectivity index (χ4n) is 2.96. The number of halogens is 2. The number of fused-ring (bicyclic) bond motifs is 1. The Morgan fingerprint density at radius 1 is 1.26 bits per heavy atom. The Labute approximate surface area is 147 Å². The first-order valence-corrected chi connectivity index (χ1v) is 7.80. The third-order valence-corrected chi connectivity index (χ3v) is 4.57. The van der Waals surface area contributed by atoms with Crippen LogP contribution in [0.4, 0.5) is 0 Å². The highest BCUT2D eigenvalue weighted by Crippen LogP contribution is 2.33. The van der Waals surface area contributed by atoms with Gasteiger partial charge in [-0.15, -0.1) is 12.4 Å². The fraction of sp³-hybridized carbons (Fsp3) is 0.278. The summed E-state index contributed by atoms with van der Waals surface area (Å²) in [5.41, 5.74) is 8.38. The molecular formula is C18H20Cl2N2O. The molecule has 1 amide bonds. The van der Waals surface area contributed by atoms with Crippen LogP contribution in [0, 0.1) is 0 Å². The van der Waals surface area contributed by atoms with Crippen molar-refractivity contribution in [1.82, 2.24) is 5.32 Å². The van der Waals surface area contributed by atoms with Gasteiger partial charge < -0.3 is 11.1 Å². The molecule has 1 aliphatic carbocycles. The Bertz CT molecular complexity index is 701. The Balaban J connectivity index is 0.00000192. The minimum Gasteiger partial charge on any atom is -0.347 e. The van der Waals surface area contributed by atoms with E-state index in [4.69, 9.17) is 17.3 Å². The van der Waals surface area contributed by atoms with Crippen molar-refractivity contribution >= 4 is 29.9 Å². The minimum atomic E-state index is -1.05. The fourth-order valence-corrected chi connectivity index (χ4v) is 3.15. The summed E-state index contributed by atoms with van der Waals surface area (Å²) in [7, 11) is 0. The molecule has 23 heavy (non-hydrogen) atoms. The molecule has 3 rings (SSSR count). The summed E-state index contributed by atoms with van der Waals surface area (Å²) in [6, 6.07) is 15.3. The summed E-state index contributed by atoms with van der Waals surface area (Å²) in [6.07, 6.45) is 1.81. The van der Waals surface area contributed by atoms with E-state index in [1.807, 2.05) is 48.5 Å². The number of amides is 1. The number of carbonyl (C=O) groups is 1. The van der Waals surface area contributed by atoms with Gasteiger partial charge in [-0.1, -0.05) is 48.0 Å². The van der Waals surface area contributed by atoms with E-state index in [0.717, 1.165) is 29.0 Å². The SMILES string of the molecule is CC(N)(C(=O)NC1CCc2cc(Cl)ccc21)c1ccccc1.Cl. The van der Waals surface area contributed by atoms with Crippen LogP contribution in [0.5, 0.6) is 0 Å². The number of carbonyl (C=O) groups excluding carboxylic acids is 1. The lowest BCUT2D eigenvalue weighted by Gasteiger charge is -2.26. The first kappa shape index (κ1) is 17.8. The van der Waals surface area contributed by atoms with Crippen LogP contribution < -0.4 is 11.1 Å². The summed E-state index contributed by atoms with van der Waals surface area (Å²) in [4.78, 5) is 12.6. The van der Waals surface area contributed by atoms with Gasteiger partial charge in [0.15, 0.2) is 0 Å². The highest BCUT2D eigenvalue weighted by molar-refractivity contribution is 6.30. The largest absolute Gasteiger partial charge is 0.347 e. The van der Waals surface area contributed by atoms with Gasteiger partial charge in [-0.2, -0.15) is 0 Å².